The third-order valence-electron chi connectivity index (χ3n) is 8.19. The van der Waals surface area contributed by atoms with Crippen LogP contribution in [0.2, 0.25) is 5.02 Å². The Hall–Kier alpha value is -4.29. The van der Waals surface area contributed by atoms with E-state index in [0.717, 1.165) is 25.2 Å². The highest BCUT2D eigenvalue weighted by Gasteiger charge is 2.39. The lowest BCUT2D eigenvalue weighted by Crippen LogP contribution is -2.60. The number of hydrogen-bond donors (Lipinski definition) is 0. The molecule has 0 aliphatic carbocycles. The first kappa shape index (κ1) is 32.1. The number of alkyl halides is 3. The van der Waals surface area contributed by atoms with Crippen molar-refractivity contribution in [1.29, 1.82) is 5.26 Å². The van der Waals surface area contributed by atoms with Gasteiger partial charge in [0.05, 0.1) is 46.4 Å². The van der Waals surface area contributed by atoms with Crippen molar-refractivity contribution in [2.24, 2.45) is 0 Å². The number of nitriles is 1. The van der Waals surface area contributed by atoms with Gasteiger partial charge in [0.15, 0.2) is 5.83 Å². The number of halogens is 5. The molecule has 0 radical (unpaired) electrons. The summed E-state index contributed by atoms with van der Waals surface area (Å²) in [7, 11) is 0. The number of carbonyl (C=O) groups excluding carboxylic acids is 1. The van der Waals surface area contributed by atoms with E-state index in [1.165, 1.54) is 17.2 Å². The largest absolute Gasteiger partial charge is 0.419 e. The molecule has 2 aliphatic heterocycles. The lowest BCUT2D eigenvalue weighted by atomic mass is 10.1. The Kier molecular flexibility index (Phi) is 8.99. The first-order valence-corrected chi connectivity index (χ1v) is 14.7. The maximum atomic E-state index is 14.0. The maximum Gasteiger partial charge on any atom is 0.419 e. The van der Waals surface area contributed by atoms with Crippen LogP contribution in [0.5, 0.6) is 0 Å². The second kappa shape index (κ2) is 12.6. The zero-order valence-electron chi connectivity index (χ0n) is 24.6. The van der Waals surface area contributed by atoms with Gasteiger partial charge in [-0.25, -0.2) is 9.37 Å². The van der Waals surface area contributed by atoms with Crippen LogP contribution in [0.3, 0.4) is 0 Å². The van der Waals surface area contributed by atoms with E-state index in [0.29, 0.717) is 17.8 Å². The van der Waals surface area contributed by atoms with Gasteiger partial charge in [-0.05, 0) is 25.2 Å². The van der Waals surface area contributed by atoms with E-state index < -0.39 is 45.8 Å². The van der Waals surface area contributed by atoms with Crippen LogP contribution >= 0.6 is 11.6 Å². The summed E-state index contributed by atoms with van der Waals surface area (Å²) >= 11 is 5.92. The fourth-order valence-corrected chi connectivity index (χ4v) is 6.14. The monoisotopic (exact) mass is 647 g/mol. The first-order valence-electron chi connectivity index (χ1n) is 14.3. The summed E-state index contributed by atoms with van der Waals surface area (Å²) in [5.41, 5.74) is -2.85. The highest BCUT2D eigenvalue weighted by Crippen LogP contribution is 2.38. The summed E-state index contributed by atoms with van der Waals surface area (Å²) in [4.78, 5) is 42.7. The topological polar surface area (TPSA) is 114 Å². The Morgan fingerprint density at radius 3 is 2.49 bits per heavy atom. The summed E-state index contributed by atoms with van der Waals surface area (Å²) in [6, 6.07) is 4.99. The Balaban J connectivity index is 1.64. The van der Waals surface area contributed by atoms with Gasteiger partial charge in [0.1, 0.15) is 11.3 Å². The van der Waals surface area contributed by atoms with Crippen LogP contribution in [0.1, 0.15) is 25.8 Å². The molecule has 0 saturated carbocycles. The fourth-order valence-electron chi connectivity index (χ4n) is 5.86. The Morgan fingerprint density at radius 1 is 1.16 bits per heavy atom. The van der Waals surface area contributed by atoms with Crippen LogP contribution in [-0.4, -0.2) is 93.4 Å². The van der Waals surface area contributed by atoms with Gasteiger partial charge >= 0.3 is 6.18 Å². The summed E-state index contributed by atoms with van der Waals surface area (Å²) < 4.78 is 56.4. The fraction of sp³-hybridized carbons (Fsp3) is 0.448. The van der Waals surface area contributed by atoms with Crippen LogP contribution in [0.25, 0.3) is 16.6 Å². The molecule has 0 bridgehead atoms. The van der Waals surface area contributed by atoms with E-state index in [1.807, 2.05) is 11.0 Å². The molecule has 2 aromatic heterocycles. The number of likely N-dealkylation sites (N-methyl/N-ethyl adjacent to an activating group) is 1. The number of aromatic nitrogens is 4. The van der Waals surface area contributed by atoms with Crippen molar-refractivity contribution in [2.45, 2.75) is 38.5 Å². The molecule has 11 nitrogen and oxygen atoms in total. The number of anilines is 2. The highest BCUT2D eigenvalue weighted by atomic mass is 35.5. The van der Waals surface area contributed by atoms with E-state index in [-0.39, 0.29) is 54.8 Å². The van der Waals surface area contributed by atoms with Gasteiger partial charge in [-0.1, -0.05) is 38.1 Å². The van der Waals surface area contributed by atoms with Gasteiger partial charge in [-0.2, -0.15) is 33.2 Å². The zero-order chi connectivity index (χ0) is 32.6. The van der Waals surface area contributed by atoms with Crippen molar-refractivity contribution in [3.05, 3.63) is 57.7 Å². The number of fused-ring (bicyclic) bond motifs is 1. The van der Waals surface area contributed by atoms with E-state index in [4.69, 9.17) is 16.6 Å². The molecular formula is C29H30ClF4N9O2. The normalized spacial score (nSPS) is 17.5. The lowest BCUT2D eigenvalue weighted by molar-refractivity contribution is -0.137. The van der Waals surface area contributed by atoms with Crippen molar-refractivity contribution < 1.29 is 22.4 Å². The smallest absolute Gasteiger partial charge is 0.352 e. The summed E-state index contributed by atoms with van der Waals surface area (Å²) in [5.74, 6) is -1.61. The van der Waals surface area contributed by atoms with E-state index in [9.17, 15) is 32.4 Å². The molecule has 0 unspecified atom stereocenters. The number of benzene rings is 1. The van der Waals surface area contributed by atoms with Crippen molar-refractivity contribution in [2.75, 3.05) is 55.6 Å². The van der Waals surface area contributed by atoms with Crippen molar-refractivity contribution in [1.82, 2.24) is 29.5 Å². The quantitative estimate of drug-likeness (QED) is 0.266. The second-order valence-corrected chi connectivity index (χ2v) is 11.2. The molecule has 16 heteroatoms. The average molecular weight is 648 g/mol. The third-order valence-corrected chi connectivity index (χ3v) is 8.51. The maximum absolute atomic E-state index is 14.0. The standard InChI is InChI=1S/C29H30ClF4N9O2/c1-4-39(5-2)19-15-41(16-19)28-37-24-20(13-36-43(27(24)45)22-8-6-7-21(30)23(22)29(32,33)34)25(38-28)40-11-12-42(26(44)17(3)31)18(14-40)9-10-35/h6-8,13,18-19H,3-5,9,11-12,14-16H2,1-2H3/t18-/m1/s1. The van der Waals surface area contributed by atoms with Gasteiger partial charge < -0.3 is 14.7 Å². The Bertz CT molecular complexity index is 1730. The summed E-state index contributed by atoms with van der Waals surface area (Å²) in [6.07, 6.45) is -3.77. The molecule has 2 aliphatic rings. The summed E-state index contributed by atoms with van der Waals surface area (Å²) in [5, 5.41) is 13.1. The molecule has 1 amide bonds. The van der Waals surface area contributed by atoms with E-state index >= 15 is 0 Å². The molecule has 2 fully saturated rings. The van der Waals surface area contributed by atoms with Crippen molar-refractivity contribution >= 4 is 40.2 Å². The van der Waals surface area contributed by atoms with Crippen LogP contribution in [-0.2, 0) is 11.0 Å². The van der Waals surface area contributed by atoms with Crippen molar-refractivity contribution in [3.8, 4) is 11.8 Å². The minimum atomic E-state index is -4.87. The molecule has 0 N–H and O–H groups in total. The highest BCUT2D eigenvalue weighted by molar-refractivity contribution is 6.31. The number of nitrogens with zero attached hydrogens (tertiary/aromatic N) is 9. The van der Waals surface area contributed by atoms with Crippen molar-refractivity contribution in [3.63, 3.8) is 0 Å². The molecule has 3 aromatic rings. The number of rotatable bonds is 8. The number of amides is 1. The lowest BCUT2D eigenvalue weighted by Gasteiger charge is -2.45. The minimum Gasteiger partial charge on any atom is -0.352 e. The molecule has 5 rings (SSSR count). The zero-order valence-corrected chi connectivity index (χ0v) is 25.3. The Morgan fingerprint density at radius 2 is 1.87 bits per heavy atom. The van der Waals surface area contributed by atoms with Gasteiger partial charge in [-0.3, -0.25) is 14.5 Å². The molecule has 0 spiro atoms. The van der Waals surface area contributed by atoms with Gasteiger partial charge in [0.2, 0.25) is 5.95 Å². The average Bonchev–Trinajstić information content (AvgIpc) is 2.97. The predicted octanol–water partition coefficient (Wildman–Crippen LogP) is 3.79. The molecular weight excluding hydrogens is 618 g/mol. The van der Waals surface area contributed by atoms with Crippen LogP contribution < -0.4 is 15.4 Å². The van der Waals surface area contributed by atoms with Gasteiger partial charge in [0.25, 0.3) is 11.5 Å². The van der Waals surface area contributed by atoms with Gasteiger partial charge in [0, 0.05) is 38.8 Å². The molecule has 1 aromatic carbocycles. The third kappa shape index (κ3) is 6.04. The number of piperazine rings is 1. The van der Waals surface area contributed by atoms with E-state index in [2.05, 4.69) is 35.4 Å². The summed E-state index contributed by atoms with van der Waals surface area (Å²) in [6.45, 7) is 10.3. The first-order chi connectivity index (χ1) is 21.4. The van der Waals surface area contributed by atoms with Crippen LogP contribution in [0.15, 0.2) is 41.6 Å². The SMILES string of the molecule is C=C(F)C(=O)N1CCN(c2nc(N3CC(N(CC)CC)C3)nc3c(=O)n(-c4cccc(Cl)c4C(F)(F)F)ncc23)C[C@H]1CC#N. The number of hydrogen-bond acceptors (Lipinski definition) is 9. The molecule has 1 atom stereocenters. The molecule has 45 heavy (non-hydrogen) atoms. The minimum absolute atomic E-state index is 0.0324. The van der Waals surface area contributed by atoms with Crippen LogP contribution in [0, 0.1) is 11.3 Å². The van der Waals surface area contributed by atoms with Crippen LogP contribution in [0.4, 0.5) is 29.3 Å². The van der Waals surface area contributed by atoms with Gasteiger partial charge in [-0.15, -0.1) is 0 Å². The number of carbonyl (C=O) groups is 1. The second-order valence-electron chi connectivity index (χ2n) is 10.7. The molecule has 4 heterocycles. The predicted molar refractivity (Wildman–Crippen MR) is 160 cm³/mol. The molecule has 2 saturated heterocycles. The Labute approximate surface area is 260 Å². The van der Waals surface area contributed by atoms with E-state index in [1.54, 1.807) is 4.90 Å². The molecule has 238 valence electrons.